The van der Waals surface area contributed by atoms with Gasteiger partial charge in [-0.1, -0.05) is 25.1 Å². The lowest BCUT2D eigenvalue weighted by Crippen LogP contribution is -2.40. The number of benzene rings is 1. The minimum absolute atomic E-state index is 0.0726. The smallest absolute Gasteiger partial charge is 0.260 e. The molecule has 0 aliphatic carbocycles. The second kappa shape index (κ2) is 7.14. The molecule has 0 bridgehead atoms. The molecule has 2 unspecified atom stereocenters. The van der Waals surface area contributed by atoms with E-state index in [0.29, 0.717) is 5.75 Å². The van der Waals surface area contributed by atoms with E-state index >= 15 is 0 Å². The lowest BCUT2D eigenvalue weighted by Gasteiger charge is -2.20. The van der Waals surface area contributed by atoms with Crippen molar-refractivity contribution in [2.75, 3.05) is 0 Å². The summed E-state index contributed by atoms with van der Waals surface area (Å²) in [6, 6.07) is 7.63. The minimum Gasteiger partial charge on any atom is -0.481 e. The Morgan fingerprint density at radius 1 is 1.32 bits per heavy atom. The Labute approximate surface area is 115 Å². The van der Waals surface area contributed by atoms with E-state index in [1.807, 2.05) is 45.0 Å². The van der Waals surface area contributed by atoms with Crippen LogP contribution in [0.5, 0.6) is 5.75 Å². The fraction of sp³-hybridized carbons (Fsp3) is 0.533. The van der Waals surface area contributed by atoms with Crippen molar-refractivity contribution in [3.63, 3.8) is 0 Å². The van der Waals surface area contributed by atoms with Crippen LogP contribution in [0, 0.1) is 0 Å². The number of carbonyl (C=O) groups is 1. The number of nitrogens with two attached hydrogens (primary N) is 1. The minimum atomic E-state index is -0.535. The summed E-state index contributed by atoms with van der Waals surface area (Å²) in [5.74, 6) is 0.568. The van der Waals surface area contributed by atoms with Crippen molar-refractivity contribution in [2.24, 2.45) is 5.73 Å². The first-order valence-corrected chi connectivity index (χ1v) is 6.77. The molecule has 4 nitrogen and oxygen atoms in total. The highest BCUT2D eigenvalue weighted by Crippen LogP contribution is 2.26. The van der Waals surface area contributed by atoms with E-state index in [2.05, 4.69) is 5.32 Å². The molecule has 1 aromatic rings. The van der Waals surface area contributed by atoms with Crippen LogP contribution in [0.15, 0.2) is 24.3 Å². The molecule has 0 aromatic heterocycles. The molecule has 0 spiro atoms. The molecule has 0 radical (unpaired) electrons. The van der Waals surface area contributed by atoms with Crippen molar-refractivity contribution in [2.45, 2.75) is 52.3 Å². The first-order chi connectivity index (χ1) is 8.95. The molecule has 19 heavy (non-hydrogen) atoms. The van der Waals surface area contributed by atoms with Crippen LogP contribution in [-0.4, -0.2) is 18.1 Å². The van der Waals surface area contributed by atoms with E-state index in [1.165, 1.54) is 0 Å². The average Bonchev–Trinajstić information content (AvgIpc) is 2.37. The van der Waals surface area contributed by atoms with Crippen LogP contribution in [0.4, 0.5) is 0 Å². The zero-order valence-electron chi connectivity index (χ0n) is 12.1. The lowest BCUT2D eigenvalue weighted by molar-refractivity contribution is -0.127. The molecular formula is C15H24N2O2. The summed E-state index contributed by atoms with van der Waals surface area (Å²) < 4.78 is 5.74. The molecule has 0 saturated carbocycles. The zero-order valence-corrected chi connectivity index (χ0v) is 12.1. The summed E-state index contributed by atoms with van der Waals surface area (Å²) in [4.78, 5) is 11.8. The number of hydrogen-bond donors (Lipinski definition) is 2. The Balaban J connectivity index is 2.79. The summed E-state index contributed by atoms with van der Waals surface area (Å²) in [5.41, 5.74) is 6.99. The Morgan fingerprint density at radius 3 is 2.53 bits per heavy atom. The van der Waals surface area contributed by atoms with Crippen molar-refractivity contribution >= 4 is 5.91 Å². The maximum atomic E-state index is 11.8. The van der Waals surface area contributed by atoms with Crippen molar-refractivity contribution in [1.29, 1.82) is 0 Å². The van der Waals surface area contributed by atoms with Crippen molar-refractivity contribution < 1.29 is 9.53 Å². The quantitative estimate of drug-likeness (QED) is 0.829. The second-order valence-corrected chi connectivity index (χ2v) is 4.98. The summed E-state index contributed by atoms with van der Waals surface area (Å²) in [5, 5.41) is 2.83. The van der Waals surface area contributed by atoms with E-state index in [9.17, 15) is 4.79 Å². The van der Waals surface area contributed by atoms with Gasteiger partial charge in [0.05, 0.1) is 0 Å². The van der Waals surface area contributed by atoms with Gasteiger partial charge in [-0.05, 0) is 33.3 Å². The van der Waals surface area contributed by atoms with Gasteiger partial charge < -0.3 is 15.8 Å². The van der Waals surface area contributed by atoms with Gasteiger partial charge in [0.15, 0.2) is 6.10 Å². The van der Waals surface area contributed by atoms with Crippen molar-refractivity contribution in [3.8, 4) is 5.75 Å². The maximum Gasteiger partial charge on any atom is 0.260 e. The number of ether oxygens (including phenoxy) is 1. The highest BCUT2D eigenvalue weighted by atomic mass is 16.5. The Bertz CT molecular complexity index is 418. The standard InChI is InChI=1S/C15H24N2O2/c1-5-13(16)12-8-6-7-9-14(12)19-11(4)15(18)17-10(2)3/h6-11,13H,5,16H2,1-4H3,(H,17,18). The van der Waals surface area contributed by atoms with Gasteiger partial charge in [-0.15, -0.1) is 0 Å². The van der Waals surface area contributed by atoms with Crippen LogP contribution < -0.4 is 15.8 Å². The SMILES string of the molecule is CCC(N)c1ccccc1OC(C)C(=O)NC(C)C. The Morgan fingerprint density at radius 2 is 1.95 bits per heavy atom. The predicted molar refractivity (Wildman–Crippen MR) is 77.0 cm³/mol. The third-order valence-corrected chi connectivity index (χ3v) is 2.86. The van der Waals surface area contributed by atoms with Gasteiger partial charge in [0.25, 0.3) is 5.91 Å². The van der Waals surface area contributed by atoms with Gasteiger partial charge in [0.1, 0.15) is 5.75 Å². The van der Waals surface area contributed by atoms with Crippen molar-refractivity contribution in [1.82, 2.24) is 5.32 Å². The van der Waals surface area contributed by atoms with Crippen LogP contribution in [0.2, 0.25) is 0 Å². The monoisotopic (exact) mass is 264 g/mol. The molecule has 2 atom stereocenters. The molecular weight excluding hydrogens is 240 g/mol. The van der Waals surface area contributed by atoms with E-state index in [0.717, 1.165) is 12.0 Å². The molecule has 1 rings (SSSR count). The van der Waals surface area contributed by atoms with Crippen LogP contribution in [0.1, 0.15) is 45.7 Å². The lowest BCUT2D eigenvalue weighted by atomic mass is 10.0. The molecule has 4 heteroatoms. The van der Waals surface area contributed by atoms with Gasteiger partial charge in [0.2, 0.25) is 0 Å². The number of rotatable bonds is 6. The van der Waals surface area contributed by atoms with E-state index in [1.54, 1.807) is 6.92 Å². The largest absolute Gasteiger partial charge is 0.481 e. The van der Waals surface area contributed by atoms with Gasteiger partial charge in [-0.2, -0.15) is 0 Å². The van der Waals surface area contributed by atoms with E-state index in [4.69, 9.17) is 10.5 Å². The first kappa shape index (κ1) is 15.5. The topological polar surface area (TPSA) is 64.3 Å². The number of amides is 1. The molecule has 0 saturated heterocycles. The number of hydrogen-bond acceptors (Lipinski definition) is 3. The third kappa shape index (κ3) is 4.56. The highest BCUT2D eigenvalue weighted by molar-refractivity contribution is 5.80. The molecule has 1 amide bonds. The first-order valence-electron chi connectivity index (χ1n) is 6.77. The van der Waals surface area contributed by atoms with Crippen LogP contribution in [-0.2, 0) is 4.79 Å². The predicted octanol–water partition coefficient (Wildman–Crippen LogP) is 2.39. The second-order valence-electron chi connectivity index (χ2n) is 4.98. The molecule has 106 valence electrons. The van der Waals surface area contributed by atoms with Gasteiger partial charge in [0, 0.05) is 17.6 Å². The van der Waals surface area contributed by atoms with E-state index < -0.39 is 6.10 Å². The summed E-state index contributed by atoms with van der Waals surface area (Å²) in [6.45, 7) is 7.61. The molecule has 0 aliphatic rings. The maximum absolute atomic E-state index is 11.8. The Hall–Kier alpha value is -1.55. The van der Waals surface area contributed by atoms with Crippen LogP contribution in [0.25, 0.3) is 0 Å². The van der Waals surface area contributed by atoms with E-state index in [-0.39, 0.29) is 18.0 Å². The number of carbonyl (C=O) groups excluding carboxylic acids is 1. The normalized spacial score (nSPS) is 14.0. The fourth-order valence-electron chi connectivity index (χ4n) is 1.76. The zero-order chi connectivity index (χ0) is 14.4. The molecule has 3 N–H and O–H groups in total. The average molecular weight is 264 g/mol. The Kier molecular flexibility index (Phi) is 5.83. The van der Waals surface area contributed by atoms with Crippen LogP contribution >= 0.6 is 0 Å². The molecule has 0 aliphatic heterocycles. The third-order valence-electron chi connectivity index (χ3n) is 2.86. The highest BCUT2D eigenvalue weighted by Gasteiger charge is 2.18. The molecule has 0 fully saturated rings. The summed E-state index contributed by atoms with van der Waals surface area (Å²) in [7, 11) is 0. The fourth-order valence-corrected chi connectivity index (χ4v) is 1.76. The van der Waals surface area contributed by atoms with Crippen LogP contribution in [0.3, 0.4) is 0 Å². The van der Waals surface area contributed by atoms with Crippen molar-refractivity contribution in [3.05, 3.63) is 29.8 Å². The number of para-hydroxylation sites is 1. The number of nitrogens with one attached hydrogen (secondary N) is 1. The van der Waals surface area contributed by atoms with Gasteiger partial charge >= 0.3 is 0 Å². The molecule has 0 heterocycles. The molecule has 1 aromatic carbocycles. The summed E-state index contributed by atoms with van der Waals surface area (Å²) >= 11 is 0. The van der Waals surface area contributed by atoms with Gasteiger partial charge in [-0.25, -0.2) is 0 Å². The van der Waals surface area contributed by atoms with Gasteiger partial charge in [-0.3, -0.25) is 4.79 Å². The summed E-state index contributed by atoms with van der Waals surface area (Å²) in [6.07, 6.45) is 0.292.